The van der Waals surface area contributed by atoms with Gasteiger partial charge in [0.15, 0.2) is 0 Å². The molecule has 0 saturated heterocycles. The van der Waals surface area contributed by atoms with E-state index in [0.717, 1.165) is 5.56 Å². The topological polar surface area (TPSA) is 53.1 Å². The molecule has 0 spiro atoms. The van der Waals surface area contributed by atoms with Crippen molar-refractivity contribution >= 4 is 5.97 Å². The smallest absolute Gasteiger partial charge is 0.352 e. The first-order chi connectivity index (χ1) is 5.13. The van der Waals surface area contributed by atoms with Crippen LogP contribution in [0.1, 0.15) is 35.8 Å². The molecule has 1 heterocycles. The average Bonchev–Trinajstić information content (AvgIpc) is 2.32. The fraction of sp³-hybridized carbons (Fsp3) is 0.375. The highest BCUT2D eigenvalue weighted by Gasteiger charge is 2.12. The minimum Gasteiger partial charge on any atom is -0.477 e. The van der Waals surface area contributed by atoms with E-state index in [2.05, 4.69) is 4.98 Å². The molecule has 1 aromatic heterocycles. The number of H-pyrrole nitrogens is 1. The van der Waals surface area contributed by atoms with Gasteiger partial charge in [-0.25, -0.2) is 4.79 Å². The van der Waals surface area contributed by atoms with Gasteiger partial charge in [0.25, 0.3) is 0 Å². The molecule has 1 rings (SSSR count). The predicted octanol–water partition coefficient (Wildman–Crippen LogP) is 1.84. The van der Waals surface area contributed by atoms with Crippen LogP contribution in [0.2, 0.25) is 0 Å². The molecule has 3 heteroatoms. The lowest BCUT2D eigenvalue weighted by atomic mass is 10.0. The van der Waals surface area contributed by atoms with Crippen LogP contribution in [0.4, 0.5) is 0 Å². The highest BCUT2D eigenvalue weighted by molar-refractivity contribution is 5.87. The predicted molar refractivity (Wildman–Crippen MR) is 41.8 cm³/mol. The lowest BCUT2D eigenvalue weighted by Gasteiger charge is -2.01. The second-order valence-corrected chi connectivity index (χ2v) is 2.77. The van der Waals surface area contributed by atoms with Gasteiger partial charge in [0, 0.05) is 6.20 Å². The van der Waals surface area contributed by atoms with Crippen molar-refractivity contribution in [3.63, 3.8) is 0 Å². The number of aromatic amines is 1. The zero-order valence-electron chi connectivity index (χ0n) is 6.59. The third kappa shape index (κ3) is 1.42. The molecule has 0 aliphatic carbocycles. The second kappa shape index (κ2) is 2.78. The van der Waals surface area contributed by atoms with Gasteiger partial charge < -0.3 is 10.1 Å². The van der Waals surface area contributed by atoms with Crippen molar-refractivity contribution in [2.24, 2.45) is 0 Å². The van der Waals surface area contributed by atoms with Gasteiger partial charge in [-0.3, -0.25) is 0 Å². The van der Waals surface area contributed by atoms with Crippen molar-refractivity contribution in [1.82, 2.24) is 4.98 Å². The summed E-state index contributed by atoms with van der Waals surface area (Å²) in [6, 6.07) is 1.80. The number of hydrogen-bond acceptors (Lipinski definition) is 1. The molecule has 0 saturated carbocycles. The van der Waals surface area contributed by atoms with Crippen molar-refractivity contribution in [1.29, 1.82) is 0 Å². The largest absolute Gasteiger partial charge is 0.477 e. The van der Waals surface area contributed by atoms with Gasteiger partial charge in [-0.2, -0.15) is 0 Å². The molecule has 0 atom stereocenters. The quantitative estimate of drug-likeness (QED) is 0.681. The minimum atomic E-state index is -0.890. The van der Waals surface area contributed by atoms with Crippen molar-refractivity contribution < 1.29 is 9.90 Å². The molecule has 1 aromatic rings. The molecule has 3 nitrogen and oxygen atoms in total. The monoisotopic (exact) mass is 153 g/mol. The summed E-state index contributed by atoms with van der Waals surface area (Å²) in [6.07, 6.45) is 1.65. The van der Waals surface area contributed by atoms with Gasteiger partial charge in [0.2, 0.25) is 0 Å². The minimum absolute atomic E-state index is 0.257. The standard InChI is InChI=1S/C8H11NO2/c1-5(2)6-3-4-9-7(6)8(10)11/h3-5,9H,1-2H3,(H,10,11). The molecule has 0 fully saturated rings. The molecule has 2 N–H and O–H groups in total. The number of aromatic nitrogens is 1. The Kier molecular flexibility index (Phi) is 1.98. The van der Waals surface area contributed by atoms with E-state index in [1.54, 1.807) is 12.3 Å². The summed E-state index contributed by atoms with van der Waals surface area (Å²) in [7, 11) is 0. The number of hydrogen-bond donors (Lipinski definition) is 2. The van der Waals surface area contributed by atoms with Gasteiger partial charge in [0.1, 0.15) is 5.69 Å². The maximum atomic E-state index is 10.6. The molecule has 0 aliphatic heterocycles. The Morgan fingerprint density at radius 2 is 2.27 bits per heavy atom. The third-order valence-corrected chi connectivity index (χ3v) is 1.62. The second-order valence-electron chi connectivity index (χ2n) is 2.77. The fourth-order valence-electron chi connectivity index (χ4n) is 1.05. The van der Waals surface area contributed by atoms with Crippen LogP contribution < -0.4 is 0 Å². The maximum absolute atomic E-state index is 10.6. The summed E-state index contributed by atoms with van der Waals surface area (Å²) in [5.41, 5.74) is 1.16. The van der Waals surface area contributed by atoms with Gasteiger partial charge in [-0.05, 0) is 17.5 Å². The normalized spacial score (nSPS) is 10.5. The number of carboxylic acid groups (broad SMARTS) is 1. The Balaban J connectivity index is 3.06. The van der Waals surface area contributed by atoms with Crippen LogP contribution in [0.3, 0.4) is 0 Å². The van der Waals surface area contributed by atoms with E-state index >= 15 is 0 Å². The number of aromatic carboxylic acids is 1. The molecule has 0 unspecified atom stereocenters. The highest BCUT2D eigenvalue weighted by atomic mass is 16.4. The number of carbonyl (C=O) groups is 1. The van der Waals surface area contributed by atoms with Crippen molar-refractivity contribution in [2.75, 3.05) is 0 Å². The van der Waals surface area contributed by atoms with Crippen molar-refractivity contribution in [2.45, 2.75) is 19.8 Å². The first-order valence-corrected chi connectivity index (χ1v) is 3.53. The molecule has 60 valence electrons. The van der Waals surface area contributed by atoms with Crippen LogP contribution in [-0.2, 0) is 0 Å². The molecule has 0 radical (unpaired) electrons. The summed E-state index contributed by atoms with van der Waals surface area (Å²) >= 11 is 0. The van der Waals surface area contributed by atoms with E-state index in [4.69, 9.17) is 5.11 Å². The zero-order valence-corrected chi connectivity index (χ0v) is 6.59. The van der Waals surface area contributed by atoms with Crippen molar-refractivity contribution in [3.05, 3.63) is 23.5 Å². The SMILES string of the molecule is CC(C)c1cc[nH]c1C(=O)O. The first kappa shape index (κ1) is 7.85. The van der Waals surface area contributed by atoms with Gasteiger partial charge in [0.05, 0.1) is 0 Å². The lowest BCUT2D eigenvalue weighted by Crippen LogP contribution is -2.01. The van der Waals surface area contributed by atoms with E-state index in [1.165, 1.54) is 0 Å². The van der Waals surface area contributed by atoms with Crippen LogP contribution in [0.15, 0.2) is 12.3 Å². The third-order valence-electron chi connectivity index (χ3n) is 1.62. The number of carboxylic acids is 1. The Hall–Kier alpha value is -1.25. The van der Waals surface area contributed by atoms with Crippen LogP contribution in [0, 0.1) is 0 Å². The van der Waals surface area contributed by atoms with Gasteiger partial charge >= 0.3 is 5.97 Å². The molecular formula is C8H11NO2. The Labute approximate surface area is 65.1 Å². The Morgan fingerprint density at radius 1 is 1.64 bits per heavy atom. The maximum Gasteiger partial charge on any atom is 0.352 e. The summed E-state index contributed by atoms with van der Waals surface area (Å²) in [4.78, 5) is 13.2. The highest BCUT2D eigenvalue weighted by Crippen LogP contribution is 2.17. The van der Waals surface area contributed by atoms with Gasteiger partial charge in [-0.1, -0.05) is 13.8 Å². The van der Waals surface area contributed by atoms with E-state index < -0.39 is 5.97 Å². The molecular weight excluding hydrogens is 142 g/mol. The van der Waals surface area contributed by atoms with Crippen LogP contribution >= 0.6 is 0 Å². The lowest BCUT2D eigenvalue weighted by molar-refractivity contribution is 0.0689. The van der Waals surface area contributed by atoms with Gasteiger partial charge in [-0.15, -0.1) is 0 Å². The fourth-order valence-corrected chi connectivity index (χ4v) is 1.05. The Morgan fingerprint density at radius 3 is 2.64 bits per heavy atom. The summed E-state index contributed by atoms with van der Waals surface area (Å²) < 4.78 is 0. The van der Waals surface area contributed by atoms with Crippen LogP contribution in [-0.4, -0.2) is 16.1 Å². The molecule has 11 heavy (non-hydrogen) atoms. The molecule has 0 bridgehead atoms. The Bertz CT molecular complexity index is 263. The van der Waals surface area contributed by atoms with E-state index in [0.29, 0.717) is 5.69 Å². The molecule has 0 aromatic carbocycles. The molecule has 0 amide bonds. The van der Waals surface area contributed by atoms with E-state index in [1.807, 2.05) is 13.8 Å². The number of rotatable bonds is 2. The summed E-state index contributed by atoms with van der Waals surface area (Å²) in [6.45, 7) is 3.94. The first-order valence-electron chi connectivity index (χ1n) is 3.53. The van der Waals surface area contributed by atoms with Crippen LogP contribution in [0.25, 0.3) is 0 Å². The van der Waals surface area contributed by atoms with Crippen molar-refractivity contribution in [3.8, 4) is 0 Å². The van der Waals surface area contributed by atoms with Crippen LogP contribution in [0.5, 0.6) is 0 Å². The zero-order chi connectivity index (χ0) is 8.43. The number of nitrogens with one attached hydrogen (secondary N) is 1. The van der Waals surface area contributed by atoms with E-state index in [9.17, 15) is 4.79 Å². The summed E-state index contributed by atoms with van der Waals surface area (Å²) in [5, 5.41) is 8.67. The average molecular weight is 153 g/mol. The van der Waals surface area contributed by atoms with E-state index in [-0.39, 0.29) is 5.92 Å². The molecule has 0 aliphatic rings. The summed E-state index contributed by atoms with van der Waals surface area (Å²) in [5.74, 6) is -0.633.